The Balaban J connectivity index is 0.934. The Hall–Kier alpha value is -7.57. The van der Waals surface area contributed by atoms with Crippen molar-refractivity contribution in [2.45, 2.75) is 25.7 Å². The summed E-state index contributed by atoms with van der Waals surface area (Å²) in [5.74, 6) is 1.96. The Morgan fingerprint density at radius 3 is 1.38 bits per heavy atom. The minimum Gasteiger partial charge on any atom is -0.361 e. The quantitative estimate of drug-likeness (QED) is 0.142. The number of H-pyrrole nitrogens is 1. The number of pyridine rings is 1. The van der Waals surface area contributed by atoms with Crippen molar-refractivity contribution >= 4 is 22.1 Å². The molecule has 0 fully saturated rings. The average molecular weight is 792 g/mol. The lowest BCUT2D eigenvalue weighted by Gasteiger charge is -2.15. The van der Waals surface area contributed by atoms with Crippen LogP contribution >= 0.6 is 0 Å². The van der Waals surface area contributed by atoms with Gasteiger partial charge < -0.3 is 14.1 Å². The van der Waals surface area contributed by atoms with E-state index >= 15 is 0 Å². The van der Waals surface area contributed by atoms with Crippen LogP contribution in [0.5, 0.6) is 0 Å². The lowest BCUT2D eigenvalue weighted by atomic mass is 9.90. The molecule has 3 heterocycles. The predicted molar refractivity (Wildman–Crippen MR) is 250 cm³/mol. The summed E-state index contributed by atoms with van der Waals surface area (Å²) in [6.45, 7) is 0. The van der Waals surface area contributed by atoms with Crippen molar-refractivity contribution in [1.82, 2.24) is 24.1 Å². The highest BCUT2D eigenvalue weighted by Crippen LogP contribution is 2.35. The molecule has 6 heteroatoms. The largest absolute Gasteiger partial charge is 0.361 e. The molecule has 0 bridgehead atoms. The van der Waals surface area contributed by atoms with E-state index in [9.17, 15) is 4.79 Å². The maximum absolute atomic E-state index is 12.0. The van der Waals surface area contributed by atoms with E-state index in [0.29, 0.717) is 0 Å². The maximum atomic E-state index is 12.0. The molecule has 61 heavy (non-hydrogen) atoms. The molecule has 0 aliphatic heterocycles. The third-order valence-corrected chi connectivity index (χ3v) is 12.0. The van der Waals surface area contributed by atoms with Crippen LogP contribution < -0.4 is 5.43 Å². The first kappa shape index (κ1) is 37.7. The van der Waals surface area contributed by atoms with E-state index in [1.165, 1.54) is 45.0 Å². The molecule has 0 saturated carbocycles. The van der Waals surface area contributed by atoms with E-state index in [-0.39, 0.29) is 5.43 Å². The highest BCUT2D eigenvalue weighted by molar-refractivity contribution is 5.85. The molecule has 0 spiro atoms. The number of fused-ring (bicyclic) bond motifs is 2. The molecule has 10 aromatic rings. The van der Waals surface area contributed by atoms with Crippen molar-refractivity contribution < 1.29 is 0 Å². The minimum absolute atomic E-state index is 0.00993. The number of para-hydroxylation sites is 4. The summed E-state index contributed by atoms with van der Waals surface area (Å²) >= 11 is 0. The molecule has 0 saturated heterocycles. The highest BCUT2D eigenvalue weighted by atomic mass is 16.1. The van der Waals surface area contributed by atoms with Crippen molar-refractivity contribution in [2.24, 2.45) is 14.1 Å². The molecule has 296 valence electrons. The third kappa shape index (κ3) is 7.72. The summed E-state index contributed by atoms with van der Waals surface area (Å²) in [6, 6.07) is 61.9. The first-order valence-corrected chi connectivity index (χ1v) is 21.0. The molecule has 0 aliphatic carbocycles. The zero-order valence-corrected chi connectivity index (χ0v) is 34.3. The van der Waals surface area contributed by atoms with Gasteiger partial charge in [-0.2, -0.15) is 0 Å². The number of nitrogens with one attached hydrogen (secondary N) is 1. The van der Waals surface area contributed by atoms with Crippen LogP contribution in [0.2, 0.25) is 0 Å². The van der Waals surface area contributed by atoms with Gasteiger partial charge in [-0.3, -0.25) is 4.79 Å². The van der Waals surface area contributed by atoms with E-state index in [4.69, 9.17) is 9.97 Å². The molecule has 0 atom stereocenters. The second kappa shape index (κ2) is 16.2. The Kier molecular flexibility index (Phi) is 10.0. The minimum atomic E-state index is -0.00993. The van der Waals surface area contributed by atoms with Gasteiger partial charge in [-0.15, -0.1) is 0 Å². The highest BCUT2D eigenvalue weighted by Gasteiger charge is 2.14. The molecule has 0 aliphatic rings. The van der Waals surface area contributed by atoms with Gasteiger partial charge in [0.05, 0.1) is 22.1 Å². The second-order valence-electron chi connectivity index (χ2n) is 16.0. The number of nitrogens with zero attached hydrogens (tertiary/aromatic N) is 4. The molecular weight excluding hydrogens is 747 g/mol. The van der Waals surface area contributed by atoms with Crippen LogP contribution in [0.1, 0.15) is 22.3 Å². The second-order valence-corrected chi connectivity index (χ2v) is 16.0. The predicted octanol–water partition coefficient (Wildman–Crippen LogP) is 12.1. The van der Waals surface area contributed by atoms with Gasteiger partial charge in [0.25, 0.3) is 0 Å². The first-order chi connectivity index (χ1) is 29.9. The number of hydrogen-bond donors (Lipinski definition) is 1. The fourth-order valence-corrected chi connectivity index (χ4v) is 8.66. The van der Waals surface area contributed by atoms with Gasteiger partial charge in [0, 0.05) is 49.2 Å². The lowest BCUT2D eigenvalue weighted by molar-refractivity contribution is 0.929. The number of aromatic amines is 1. The van der Waals surface area contributed by atoms with Gasteiger partial charge in [-0.1, -0.05) is 140 Å². The van der Waals surface area contributed by atoms with Crippen LogP contribution in [0, 0.1) is 0 Å². The van der Waals surface area contributed by atoms with Gasteiger partial charge in [-0.25, -0.2) is 9.97 Å². The Morgan fingerprint density at radius 2 is 0.869 bits per heavy atom. The fraction of sp³-hybridized carbons (Fsp3) is 0.109. The van der Waals surface area contributed by atoms with E-state index in [1.807, 2.05) is 12.1 Å². The van der Waals surface area contributed by atoms with Crippen molar-refractivity contribution in [3.05, 3.63) is 215 Å². The van der Waals surface area contributed by atoms with E-state index in [1.54, 1.807) is 12.3 Å². The van der Waals surface area contributed by atoms with E-state index in [2.05, 4.69) is 180 Å². The van der Waals surface area contributed by atoms with Crippen LogP contribution in [0.3, 0.4) is 0 Å². The number of aromatic nitrogens is 5. The Labute approximate surface area is 355 Å². The molecule has 7 aromatic carbocycles. The number of benzene rings is 7. The monoisotopic (exact) mass is 791 g/mol. The standard InChI is InChI=1S/C55H45N5O/c1-59-52-13-7-5-11-49(52)57-54(59)43-23-19-37(20-24-43)15-17-39-33-40(18-16-38-21-25-44(26-22-38)55-58-50-12-6-8-14-53(50)60(55)2)35-45(34-39)48-10-4-3-9-47(48)41-27-29-42(30-28-41)51-36-46(61)31-32-56-51/h3-14,19-36H,15-18H2,1-2H3,(H,56,61). The normalized spacial score (nSPS) is 11.4. The maximum Gasteiger partial charge on any atom is 0.182 e. The zero-order valence-electron chi connectivity index (χ0n) is 34.3. The SMILES string of the molecule is Cn1c(-c2ccc(CCc3cc(CCc4ccc(-c5nc6ccccc6n5C)cc4)cc(-c4ccccc4-c4ccc(-c5cc(=O)cc[nH]5)cc4)c3)cc2)nc2ccccc21. The zero-order chi connectivity index (χ0) is 41.3. The van der Waals surface area contributed by atoms with Gasteiger partial charge in [0.2, 0.25) is 0 Å². The van der Waals surface area contributed by atoms with Crippen LogP contribution in [0.25, 0.3) is 78.4 Å². The summed E-state index contributed by atoms with van der Waals surface area (Å²) < 4.78 is 4.34. The molecular formula is C55H45N5O. The first-order valence-electron chi connectivity index (χ1n) is 21.0. The van der Waals surface area contributed by atoms with Crippen LogP contribution in [-0.4, -0.2) is 24.1 Å². The Bertz CT molecular complexity index is 3080. The van der Waals surface area contributed by atoms with Crippen molar-refractivity contribution in [3.8, 4) is 56.3 Å². The summed E-state index contributed by atoms with van der Waals surface area (Å²) in [7, 11) is 4.17. The van der Waals surface area contributed by atoms with Crippen molar-refractivity contribution in [2.75, 3.05) is 0 Å². The Morgan fingerprint density at radius 1 is 0.426 bits per heavy atom. The molecule has 0 radical (unpaired) electrons. The summed E-state index contributed by atoms with van der Waals surface area (Å²) in [5.41, 5.74) is 18.3. The smallest absolute Gasteiger partial charge is 0.182 e. The van der Waals surface area contributed by atoms with Crippen molar-refractivity contribution in [1.29, 1.82) is 0 Å². The molecule has 1 N–H and O–H groups in total. The van der Waals surface area contributed by atoms with Crippen LogP contribution in [0.15, 0.2) is 187 Å². The van der Waals surface area contributed by atoms with Gasteiger partial charge >= 0.3 is 0 Å². The molecule has 6 nitrogen and oxygen atoms in total. The van der Waals surface area contributed by atoms with Gasteiger partial charge in [-0.05, 0) is 100 Å². The number of rotatable bonds is 11. The van der Waals surface area contributed by atoms with Gasteiger partial charge in [0.1, 0.15) is 11.6 Å². The summed E-state index contributed by atoms with van der Waals surface area (Å²) in [4.78, 5) is 25.1. The van der Waals surface area contributed by atoms with E-state index < -0.39 is 0 Å². The summed E-state index contributed by atoms with van der Waals surface area (Å²) in [6.07, 6.45) is 5.40. The molecule has 3 aromatic heterocycles. The average Bonchev–Trinajstić information content (AvgIpc) is 3.83. The topological polar surface area (TPSA) is 68.5 Å². The molecule has 0 unspecified atom stereocenters. The van der Waals surface area contributed by atoms with Crippen molar-refractivity contribution in [3.63, 3.8) is 0 Å². The lowest BCUT2D eigenvalue weighted by Crippen LogP contribution is -1.98. The third-order valence-electron chi connectivity index (χ3n) is 12.0. The van der Waals surface area contributed by atoms with Crippen LogP contribution in [-0.2, 0) is 39.8 Å². The number of imidazole rings is 2. The van der Waals surface area contributed by atoms with Crippen LogP contribution in [0.4, 0.5) is 0 Å². The molecule has 0 amide bonds. The van der Waals surface area contributed by atoms with Gasteiger partial charge in [0.15, 0.2) is 5.43 Å². The van der Waals surface area contributed by atoms with E-state index in [0.717, 1.165) is 87.3 Å². The molecule has 10 rings (SSSR count). The number of hydrogen-bond acceptors (Lipinski definition) is 3. The summed E-state index contributed by atoms with van der Waals surface area (Å²) in [5, 5.41) is 0. The fourth-order valence-electron chi connectivity index (χ4n) is 8.66. The number of aryl methyl sites for hydroxylation is 6.